The minimum absolute atomic E-state index is 0.0463. The van der Waals surface area contributed by atoms with Crippen molar-refractivity contribution in [1.82, 2.24) is 15.0 Å². The summed E-state index contributed by atoms with van der Waals surface area (Å²) in [7, 11) is 0. The maximum Gasteiger partial charge on any atom is 0.228 e. The number of aliphatic hydroxyl groups is 1. The Kier molecular flexibility index (Phi) is 4.70. The Balaban J connectivity index is 2.85. The van der Waals surface area contributed by atoms with E-state index < -0.39 is 0 Å². The molecule has 0 aliphatic carbocycles. The Hall–Kier alpha value is -0.650. The van der Waals surface area contributed by atoms with Crippen molar-refractivity contribution in [3.63, 3.8) is 0 Å². The first kappa shape index (κ1) is 13.4. The van der Waals surface area contributed by atoms with Crippen LogP contribution in [-0.4, -0.2) is 32.2 Å². The highest BCUT2D eigenvalue weighted by atomic mass is 35.5. The fourth-order valence-electron chi connectivity index (χ4n) is 1.23. The fourth-order valence-corrected chi connectivity index (χ4v) is 1.59. The van der Waals surface area contributed by atoms with Gasteiger partial charge in [0.1, 0.15) is 0 Å². The van der Waals surface area contributed by atoms with Gasteiger partial charge in [0.15, 0.2) is 0 Å². The van der Waals surface area contributed by atoms with E-state index >= 15 is 0 Å². The van der Waals surface area contributed by atoms with Crippen LogP contribution >= 0.6 is 23.2 Å². The number of anilines is 1. The first-order chi connectivity index (χ1) is 7.49. The molecular formula is C9H14Cl2N4O. The summed E-state index contributed by atoms with van der Waals surface area (Å²) < 4.78 is 0. The molecule has 1 unspecified atom stereocenters. The summed E-state index contributed by atoms with van der Waals surface area (Å²) in [6.07, 6.45) is 1.40. The summed E-state index contributed by atoms with van der Waals surface area (Å²) in [5.41, 5.74) is -0.289. The van der Waals surface area contributed by atoms with Gasteiger partial charge in [0.25, 0.3) is 0 Å². The summed E-state index contributed by atoms with van der Waals surface area (Å²) in [5, 5.41) is 12.2. The summed E-state index contributed by atoms with van der Waals surface area (Å²) in [6.45, 7) is 4.06. The number of halogens is 2. The van der Waals surface area contributed by atoms with Crippen LogP contribution in [0.3, 0.4) is 0 Å². The molecule has 0 aromatic carbocycles. The van der Waals surface area contributed by atoms with Crippen molar-refractivity contribution in [2.75, 3.05) is 11.9 Å². The molecule has 7 heteroatoms. The normalized spacial score (nSPS) is 14.6. The van der Waals surface area contributed by atoms with Gasteiger partial charge in [0.2, 0.25) is 16.5 Å². The Labute approximate surface area is 104 Å². The van der Waals surface area contributed by atoms with Crippen LogP contribution in [0.5, 0.6) is 0 Å². The second kappa shape index (κ2) is 5.61. The first-order valence-electron chi connectivity index (χ1n) is 4.95. The molecule has 1 aromatic rings. The average Bonchev–Trinajstić information content (AvgIpc) is 2.16. The minimum Gasteiger partial charge on any atom is -0.396 e. The summed E-state index contributed by atoms with van der Waals surface area (Å²) >= 11 is 11.3. The quantitative estimate of drug-likeness (QED) is 0.853. The van der Waals surface area contributed by atoms with Crippen molar-refractivity contribution in [1.29, 1.82) is 0 Å². The van der Waals surface area contributed by atoms with Gasteiger partial charge in [-0.1, -0.05) is 6.92 Å². The van der Waals surface area contributed by atoms with Gasteiger partial charge in [-0.3, -0.25) is 0 Å². The van der Waals surface area contributed by atoms with Gasteiger partial charge in [0.05, 0.1) is 0 Å². The van der Waals surface area contributed by atoms with Crippen LogP contribution in [0.25, 0.3) is 0 Å². The molecule has 0 fully saturated rings. The zero-order chi connectivity index (χ0) is 12.2. The van der Waals surface area contributed by atoms with E-state index in [4.69, 9.17) is 28.3 Å². The second-order valence-corrected chi connectivity index (χ2v) is 4.39. The summed E-state index contributed by atoms with van der Waals surface area (Å²) in [5.74, 6) is 0.322. The first-order valence-corrected chi connectivity index (χ1v) is 5.71. The number of aliphatic hydroxyl groups excluding tert-OH is 1. The molecule has 1 aromatic heterocycles. The number of hydrogen-bond donors (Lipinski definition) is 2. The van der Waals surface area contributed by atoms with E-state index in [-0.39, 0.29) is 22.7 Å². The third-order valence-electron chi connectivity index (χ3n) is 2.44. The maximum atomic E-state index is 8.97. The van der Waals surface area contributed by atoms with Gasteiger partial charge < -0.3 is 10.4 Å². The van der Waals surface area contributed by atoms with E-state index in [0.717, 1.165) is 6.42 Å². The van der Waals surface area contributed by atoms with Crippen molar-refractivity contribution < 1.29 is 5.11 Å². The molecule has 0 aliphatic heterocycles. The molecule has 1 atom stereocenters. The Morgan fingerprint density at radius 2 is 1.81 bits per heavy atom. The van der Waals surface area contributed by atoms with Crippen LogP contribution in [0.15, 0.2) is 0 Å². The Bertz CT molecular complexity index is 343. The lowest BCUT2D eigenvalue weighted by molar-refractivity contribution is 0.251. The maximum absolute atomic E-state index is 8.97. The van der Waals surface area contributed by atoms with Crippen molar-refractivity contribution in [2.45, 2.75) is 32.2 Å². The van der Waals surface area contributed by atoms with Gasteiger partial charge in [-0.25, -0.2) is 0 Å². The number of aromatic nitrogens is 3. The lowest BCUT2D eigenvalue weighted by atomic mass is 9.95. The molecule has 5 nitrogen and oxygen atoms in total. The molecule has 16 heavy (non-hydrogen) atoms. The van der Waals surface area contributed by atoms with E-state index in [1.807, 2.05) is 13.8 Å². The van der Waals surface area contributed by atoms with Crippen molar-refractivity contribution in [2.24, 2.45) is 0 Å². The van der Waals surface area contributed by atoms with Gasteiger partial charge in [-0.05, 0) is 43.0 Å². The van der Waals surface area contributed by atoms with Gasteiger partial charge in [-0.15, -0.1) is 0 Å². The van der Waals surface area contributed by atoms with Crippen LogP contribution in [0, 0.1) is 0 Å². The van der Waals surface area contributed by atoms with Crippen LogP contribution < -0.4 is 5.32 Å². The van der Waals surface area contributed by atoms with Gasteiger partial charge >= 0.3 is 0 Å². The number of nitrogens with one attached hydrogen (secondary N) is 1. The highest BCUT2D eigenvalue weighted by Crippen LogP contribution is 2.20. The molecule has 2 N–H and O–H groups in total. The van der Waals surface area contributed by atoms with Crippen molar-refractivity contribution in [3.05, 3.63) is 10.6 Å². The third kappa shape index (κ3) is 3.73. The highest BCUT2D eigenvalue weighted by molar-refractivity contribution is 6.31. The topological polar surface area (TPSA) is 70.9 Å². The molecule has 1 rings (SSSR count). The lowest BCUT2D eigenvalue weighted by Crippen LogP contribution is -2.35. The predicted molar refractivity (Wildman–Crippen MR) is 63.9 cm³/mol. The molecule has 1 heterocycles. The van der Waals surface area contributed by atoms with Crippen LogP contribution in [-0.2, 0) is 0 Å². The smallest absolute Gasteiger partial charge is 0.228 e. The largest absolute Gasteiger partial charge is 0.396 e. The highest BCUT2D eigenvalue weighted by Gasteiger charge is 2.22. The molecule has 0 aliphatic rings. The van der Waals surface area contributed by atoms with Crippen molar-refractivity contribution in [3.8, 4) is 0 Å². The zero-order valence-electron chi connectivity index (χ0n) is 9.17. The Morgan fingerprint density at radius 3 is 2.25 bits per heavy atom. The molecule has 0 bridgehead atoms. The van der Waals surface area contributed by atoms with E-state index in [1.165, 1.54) is 0 Å². The molecule has 0 saturated heterocycles. The van der Waals surface area contributed by atoms with Crippen molar-refractivity contribution >= 4 is 29.2 Å². The fraction of sp³-hybridized carbons (Fsp3) is 0.667. The standard InChI is InChI=1S/C9H14Cl2N4O/c1-3-9(2,4-5-16)15-8-13-6(10)12-7(11)14-8/h16H,3-5H2,1-2H3,(H,12,13,14,15). The molecule has 90 valence electrons. The second-order valence-electron chi connectivity index (χ2n) is 3.71. The lowest BCUT2D eigenvalue weighted by Gasteiger charge is -2.28. The molecule has 0 saturated carbocycles. The minimum atomic E-state index is -0.289. The molecule has 0 spiro atoms. The summed E-state index contributed by atoms with van der Waals surface area (Å²) in [4.78, 5) is 11.5. The molecular weight excluding hydrogens is 251 g/mol. The van der Waals surface area contributed by atoms with E-state index in [0.29, 0.717) is 12.4 Å². The average molecular weight is 265 g/mol. The van der Waals surface area contributed by atoms with E-state index in [2.05, 4.69) is 20.3 Å². The predicted octanol–water partition coefficient (Wildman–Crippen LogP) is 2.14. The third-order valence-corrected chi connectivity index (χ3v) is 2.78. The van der Waals surface area contributed by atoms with Crippen LogP contribution in [0.2, 0.25) is 10.6 Å². The van der Waals surface area contributed by atoms with Crippen LogP contribution in [0.1, 0.15) is 26.7 Å². The SMILES string of the molecule is CCC(C)(CCO)Nc1nc(Cl)nc(Cl)n1. The van der Waals surface area contributed by atoms with E-state index in [1.54, 1.807) is 0 Å². The number of rotatable bonds is 5. The molecule has 0 amide bonds. The zero-order valence-corrected chi connectivity index (χ0v) is 10.7. The van der Waals surface area contributed by atoms with Gasteiger partial charge in [-0.2, -0.15) is 15.0 Å². The van der Waals surface area contributed by atoms with E-state index in [9.17, 15) is 0 Å². The van der Waals surface area contributed by atoms with Gasteiger partial charge in [0, 0.05) is 12.1 Å². The Morgan fingerprint density at radius 1 is 1.25 bits per heavy atom. The number of nitrogens with zero attached hydrogens (tertiary/aromatic N) is 3. The monoisotopic (exact) mass is 264 g/mol. The number of hydrogen-bond acceptors (Lipinski definition) is 5. The van der Waals surface area contributed by atoms with Crippen LogP contribution in [0.4, 0.5) is 5.95 Å². The summed E-state index contributed by atoms with van der Waals surface area (Å²) in [6, 6.07) is 0. The molecule has 0 radical (unpaired) electrons.